The van der Waals surface area contributed by atoms with E-state index >= 15 is 0 Å². The number of urea groups is 1. The molecule has 0 bridgehead atoms. The summed E-state index contributed by atoms with van der Waals surface area (Å²) in [7, 11) is 0. The van der Waals surface area contributed by atoms with E-state index in [4.69, 9.17) is 5.26 Å². The maximum atomic E-state index is 12.7. The molecule has 2 N–H and O–H groups in total. The normalized spacial score (nSPS) is 11.0. The minimum atomic E-state index is -4.61. The van der Waals surface area contributed by atoms with Crippen molar-refractivity contribution in [3.8, 4) is 6.07 Å². The fourth-order valence-corrected chi connectivity index (χ4v) is 2.31. The van der Waals surface area contributed by atoms with Crippen LogP contribution < -0.4 is 10.6 Å². The van der Waals surface area contributed by atoms with E-state index in [1.165, 1.54) is 18.3 Å². The highest BCUT2D eigenvalue weighted by Gasteiger charge is 2.32. The van der Waals surface area contributed by atoms with Gasteiger partial charge in [-0.3, -0.25) is 10.3 Å². The molecule has 0 atom stereocenters. The fourth-order valence-electron chi connectivity index (χ4n) is 2.31. The van der Waals surface area contributed by atoms with Gasteiger partial charge in [0, 0.05) is 11.6 Å². The molecule has 0 aliphatic carbocycles. The van der Waals surface area contributed by atoms with E-state index in [9.17, 15) is 18.0 Å². The van der Waals surface area contributed by atoms with E-state index in [1.807, 2.05) is 6.07 Å². The fraction of sp³-hybridized carbons (Fsp3) is 0.0588. The van der Waals surface area contributed by atoms with Crippen molar-refractivity contribution in [2.75, 3.05) is 10.6 Å². The van der Waals surface area contributed by atoms with Crippen LogP contribution in [0.1, 0.15) is 11.3 Å². The number of pyridine rings is 2. The molecule has 0 radical (unpaired) electrons. The lowest BCUT2D eigenvalue weighted by Gasteiger charge is -2.11. The topological polar surface area (TPSA) is 90.7 Å². The van der Waals surface area contributed by atoms with E-state index in [0.29, 0.717) is 22.2 Å². The smallest absolute Gasteiger partial charge is 0.307 e. The number of hydrogen-bond donors (Lipinski definition) is 2. The van der Waals surface area contributed by atoms with Crippen LogP contribution in [0.2, 0.25) is 0 Å². The Kier molecular flexibility index (Phi) is 4.41. The van der Waals surface area contributed by atoms with Crippen molar-refractivity contribution >= 4 is 28.4 Å². The monoisotopic (exact) mass is 357 g/mol. The molecule has 0 aliphatic heterocycles. The van der Waals surface area contributed by atoms with E-state index in [2.05, 4.69) is 20.6 Å². The summed E-state index contributed by atoms with van der Waals surface area (Å²) in [6.45, 7) is 0. The Hall–Kier alpha value is -3.67. The molecule has 2 aromatic heterocycles. The summed E-state index contributed by atoms with van der Waals surface area (Å²) in [4.78, 5) is 19.6. The summed E-state index contributed by atoms with van der Waals surface area (Å²) in [5.41, 5.74) is -0.00371. The van der Waals surface area contributed by atoms with Crippen molar-refractivity contribution in [1.29, 1.82) is 5.26 Å². The maximum Gasteiger partial charge on any atom is 0.433 e. The average molecular weight is 357 g/mol. The summed E-state index contributed by atoms with van der Waals surface area (Å²) < 4.78 is 38.0. The van der Waals surface area contributed by atoms with Gasteiger partial charge < -0.3 is 5.32 Å². The van der Waals surface area contributed by atoms with Gasteiger partial charge >= 0.3 is 12.2 Å². The zero-order chi connectivity index (χ0) is 18.7. The molecule has 1 aromatic carbocycles. The quantitative estimate of drug-likeness (QED) is 0.720. The van der Waals surface area contributed by atoms with Crippen LogP contribution in [0.5, 0.6) is 0 Å². The van der Waals surface area contributed by atoms with Gasteiger partial charge in [-0.25, -0.2) is 9.78 Å². The van der Waals surface area contributed by atoms with Crippen LogP contribution in [0.3, 0.4) is 0 Å². The van der Waals surface area contributed by atoms with Crippen molar-refractivity contribution < 1.29 is 18.0 Å². The average Bonchev–Trinajstić information content (AvgIpc) is 2.61. The van der Waals surface area contributed by atoms with Crippen molar-refractivity contribution in [2.45, 2.75) is 6.18 Å². The third-order valence-electron chi connectivity index (χ3n) is 3.42. The Balaban J connectivity index is 1.84. The minimum Gasteiger partial charge on any atom is -0.307 e. The number of para-hydroxylation sites is 1. The molecule has 9 heteroatoms. The van der Waals surface area contributed by atoms with Gasteiger partial charge in [0.15, 0.2) is 0 Å². The van der Waals surface area contributed by atoms with Gasteiger partial charge in [0.1, 0.15) is 17.6 Å². The number of carbonyl (C=O) groups excluding carboxylic acids is 1. The molecule has 26 heavy (non-hydrogen) atoms. The number of carbonyl (C=O) groups is 1. The molecule has 0 aliphatic rings. The first-order valence-electron chi connectivity index (χ1n) is 7.28. The van der Waals surface area contributed by atoms with Gasteiger partial charge in [-0.2, -0.15) is 18.4 Å². The molecule has 6 nitrogen and oxygen atoms in total. The van der Waals surface area contributed by atoms with Crippen LogP contribution in [0.25, 0.3) is 10.9 Å². The van der Waals surface area contributed by atoms with Gasteiger partial charge in [0.25, 0.3) is 0 Å². The number of amides is 2. The van der Waals surface area contributed by atoms with Crippen LogP contribution in [-0.4, -0.2) is 16.0 Å². The highest BCUT2D eigenvalue weighted by Crippen LogP contribution is 2.28. The lowest BCUT2D eigenvalue weighted by atomic mass is 10.1. The molecule has 2 amide bonds. The number of alkyl halides is 3. The Morgan fingerprint density at radius 3 is 2.58 bits per heavy atom. The number of benzene rings is 1. The van der Waals surface area contributed by atoms with Crippen LogP contribution in [-0.2, 0) is 6.18 Å². The number of hydrogen-bond acceptors (Lipinski definition) is 4. The summed E-state index contributed by atoms with van der Waals surface area (Å²) in [6, 6.07) is 10.8. The Labute approximate surface area is 145 Å². The highest BCUT2D eigenvalue weighted by atomic mass is 19.4. The van der Waals surface area contributed by atoms with Crippen LogP contribution >= 0.6 is 0 Å². The Morgan fingerprint density at radius 1 is 1.08 bits per heavy atom. The lowest BCUT2D eigenvalue weighted by molar-refractivity contribution is -0.141. The first-order chi connectivity index (χ1) is 12.4. The molecular weight excluding hydrogens is 347 g/mol. The van der Waals surface area contributed by atoms with Crippen molar-refractivity contribution in [2.24, 2.45) is 0 Å². The summed E-state index contributed by atoms with van der Waals surface area (Å²) in [6.07, 6.45) is -3.19. The minimum absolute atomic E-state index is 0.242. The second kappa shape index (κ2) is 6.68. The predicted octanol–water partition coefficient (Wildman–Crippen LogP) is 4.16. The summed E-state index contributed by atoms with van der Waals surface area (Å²) in [5.74, 6) is -0.242. The number of fused-ring (bicyclic) bond motifs is 1. The lowest BCUT2D eigenvalue weighted by Crippen LogP contribution is -2.21. The van der Waals surface area contributed by atoms with Gasteiger partial charge in [-0.1, -0.05) is 18.2 Å². The van der Waals surface area contributed by atoms with E-state index in [0.717, 1.165) is 12.1 Å². The number of nitrogens with zero attached hydrogens (tertiary/aromatic N) is 3. The molecule has 130 valence electrons. The number of nitrogens with one attached hydrogen (secondary N) is 2. The van der Waals surface area contributed by atoms with Crippen LogP contribution in [0.4, 0.5) is 29.5 Å². The first kappa shape index (κ1) is 17.2. The van der Waals surface area contributed by atoms with E-state index < -0.39 is 17.9 Å². The second-order valence-corrected chi connectivity index (χ2v) is 5.16. The zero-order valence-electron chi connectivity index (χ0n) is 13.0. The van der Waals surface area contributed by atoms with Crippen molar-refractivity contribution in [1.82, 2.24) is 9.97 Å². The van der Waals surface area contributed by atoms with Crippen LogP contribution in [0, 0.1) is 11.3 Å². The number of anilines is 2. The molecule has 2 heterocycles. The van der Waals surface area contributed by atoms with E-state index in [1.54, 1.807) is 18.2 Å². The molecular formula is C17H10F3N5O. The van der Waals surface area contributed by atoms with Gasteiger partial charge in [-0.15, -0.1) is 0 Å². The third-order valence-corrected chi connectivity index (χ3v) is 3.42. The molecule has 3 rings (SSSR count). The highest BCUT2D eigenvalue weighted by molar-refractivity contribution is 6.05. The number of halogens is 3. The second-order valence-electron chi connectivity index (χ2n) is 5.16. The number of nitriles is 1. The molecule has 3 aromatic rings. The maximum absolute atomic E-state index is 12.7. The molecule has 0 unspecified atom stereocenters. The zero-order valence-corrected chi connectivity index (χ0v) is 13.0. The predicted molar refractivity (Wildman–Crippen MR) is 88.3 cm³/mol. The summed E-state index contributed by atoms with van der Waals surface area (Å²) in [5, 5.41) is 14.4. The van der Waals surface area contributed by atoms with Gasteiger partial charge in [0.05, 0.1) is 16.8 Å². The molecule has 0 spiro atoms. The van der Waals surface area contributed by atoms with Crippen LogP contribution in [0.15, 0.2) is 48.7 Å². The largest absolute Gasteiger partial charge is 0.433 e. The third kappa shape index (κ3) is 3.54. The standard InChI is InChI=1S/C17H10F3N5O/c18-17(19,20)13-5-2-6-14(24-13)25-16(26)23-12-7-8-22-15-10(9-21)3-1-4-11(12)15/h1-8H,(H2,22,23,24,25,26). The first-order valence-corrected chi connectivity index (χ1v) is 7.28. The number of rotatable bonds is 2. The van der Waals surface area contributed by atoms with Gasteiger partial charge in [-0.05, 0) is 24.3 Å². The Morgan fingerprint density at radius 2 is 1.85 bits per heavy atom. The molecule has 0 saturated heterocycles. The SMILES string of the molecule is N#Cc1cccc2c(NC(=O)Nc3cccc(C(F)(F)F)n3)ccnc12. The van der Waals surface area contributed by atoms with E-state index in [-0.39, 0.29) is 5.82 Å². The molecule has 0 fully saturated rings. The van der Waals surface area contributed by atoms with Crippen molar-refractivity contribution in [3.05, 3.63) is 59.9 Å². The van der Waals surface area contributed by atoms with Crippen molar-refractivity contribution in [3.63, 3.8) is 0 Å². The molecule has 0 saturated carbocycles. The Bertz CT molecular complexity index is 1030. The number of aromatic nitrogens is 2. The van der Waals surface area contributed by atoms with Gasteiger partial charge in [0.2, 0.25) is 0 Å². The summed E-state index contributed by atoms with van der Waals surface area (Å²) >= 11 is 0.